The lowest BCUT2D eigenvalue weighted by atomic mass is 10.3. The maximum Gasteiger partial charge on any atom is 0.243 e. The lowest BCUT2D eigenvalue weighted by Gasteiger charge is -2.16. The van der Waals surface area contributed by atoms with E-state index in [0.29, 0.717) is 19.0 Å². The van der Waals surface area contributed by atoms with E-state index in [1.165, 1.54) is 41.4 Å². The standard InChI is InChI=1S/C14H18FNO3S/c15-12-3-5-14(6-4-12)20(17,18)16-8-7-13(9-16)19-10-11-1-2-11/h3-6,11,13H,1-2,7-10H2. The summed E-state index contributed by atoms with van der Waals surface area (Å²) in [5, 5.41) is 0. The average Bonchev–Trinajstić information content (AvgIpc) is 3.13. The minimum atomic E-state index is -3.52. The van der Waals surface area contributed by atoms with Gasteiger partial charge in [-0.25, -0.2) is 12.8 Å². The van der Waals surface area contributed by atoms with E-state index in [1.807, 2.05) is 0 Å². The Labute approximate surface area is 118 Å². The highest BCUT2D eigenvalue weighted by atomic mass is 32.2. The molecule has 1 atom stereocenters. The van der Waals surface area contributed by atoms with Gasteiger partial charge in [0.2, 0.25) is 10.0 Å². The van der Waals surface area contributed by atoms with Crippen molar-refractivity contribution in [2.45, 2.75) is 30.3 Å². The summed E-state index contributed by atoms with van der Waals surface area (Å²) in [5.41, 5.74) is 0. The molecule has 1 aliphatic carbocycles. The van der Waals surface area contributed by atoms with Crippen molar-refractivity contribution in [1.82, 2.24) is 4.31 Å². The minimum Gasteiger partial charge on any atom is -0.377 e. The summed E-state index contributed by atoms with van der Waals surface area (Å²) in [6.07, 6.45) is 3.17. The molecule has 1 aromatic carbocycles. The molecule has 0 N–H and O–H groups in total. The quantitative estimate of drug-likeness (QED) is 0.835. The van der Waals surface area contributed by atoms with E-state index >= 15 is 0 Å². The lowest BCUT2D eigenvalue weighted by molar-refractivity contribution is 0.0561. The van der Waals surface area contributed by atoms with E-state index < -0.39 is 15.8 Å². The fourth-order valence-corrected chi connectivity index (χ4v) is 3.85. The number of hydrogen-bond acceptors (Lipinski definition) is 3. The largest absolute Gasteiger partial charge is 0.377 e. The van der Waals surface area contributed by atoms with E-state index in [2.05, 4.69) is 0 Å². The summed E-state index contributed by atoms with van der Waals surface area (Å²) in [4.78, 5) is 0.141. The molecule has 0 aromatic heterocycles. The number of hydrogen-bond donors (Lipinski definition) is 0. The minimum absolute atomic E-state index is 0.00850. The van der Waals surface area contributed by atoms with Crippen molar-refractivity contribution < 1.29 is 17.5 Å². The molecule has 0 radical (unpaired) electrons. The molecule has 0 amide bonds. The van der Waals surface area contributed by atoms with E-state index in [1.54, 1.807) is 0 Å². The Kier molecular flexibility index (Phi) is 3.79. The first-order chi connectivity index (χ1) is 9.55. The van der Waals surface area contributed by atoms with Gasteiger partial charge in [-0.05, 0) is 49.4 Å². The van der Waals surface area contributed by atoms with Gasteiger partial charge >= 0.3 is 0 Å². The Bertz CT molecular complexity index is 569. The molecule has 20 heavy (non-hydrogen) atoms. The van der Waals surface area contributed by atoms with Crippen LogP contribution in [0.2, 0.25) is 0 Å². The number of halogens is 1. The van der Waals surface area contributed by atoms with Crippen LogP contribution in [0.4, 0.5) is 4.39 Å². The molecule has 3 rings (SSSR count). The second-order valence-corrected chi connectivity index (χ2v) is 7.44. The van der Waals surface area contributed by atoms with Crippen molar-refractivity contribution in [2.24, 2.45) is 5.92 Å². The smallest absolute Gasteiger partial charge is 0.243 e. The zero-order valence-corrected chi connectivity index (χ0v) is 12.0. The maximum atomic E-state index is 12.9. The van der Waals surface area contributed by atoms with Gasteiger partial charge in [-0.1, -0.05) is 0 Å². The Hall–Kier alpha value is -0.980. The highest BCUT2D eigenvalue weighted by molar-refractivity contribution is 7.89. The number of nitrogens with zero attached hydrogens (tertiary/aromatic N) is 1. The molecule has 0 spiro atoms. The molecule has 6 heteroatoms. The molecule has 1 saturated heterocycles. The molecule has 4 nitrogen and oxygen atoms in total. The molecule has 110 valence electrons. The summed E-state index contributed by atoms with van der Waals surface area (Å²) in [5.74, 6) is 0.244. The van der Waals surface area contributed by atoms with E-state index in [4.69, 9.17) is 4.74 Å². The van der Waals surface area contributed by atoms with Crippen molar-refractivity contribution in [2.75, 3.05) is 19.7 Å². The maximum absolute atomic E-state index is 12.9. The van der Waals surface area contributed by atoms with Gasteiger partial charge in [-0.3, -0.25) is 0 Å². The summed E-state index contributed by atoms with van der Waals surface area (Å²) in [6.45, 7) is 1.61. The Balaban J connectivity index is 1.64. The van der Waals surface area contributed by atoms with Crippen LogP contribution in [0.25, 0.3) is 0 Å². The topological polar surface area (TPSA) is 46.6 Å². The van der Waals surface area contributed by atoms with Crippen molar-refractivity contribution in [3.63, 3.8) is 0 Å². The van der Waals surface area contributed by atoms with Crippen LogP contribution in [0.3, 0.4) is 0 Å². The fourth-order valence-electron chi connectivity index (χ4n) is 2.36. The molecule has 0 bridgehead atoms. The first-order valence-electron chi connectivity index (χ1n) is 6.93. The van der Waals surface area contributed by atoms with Gasteiger partial charge in [0.25, 0.3) is 0 Å². The van der Waals surface area contributed by atoms with Crippen LogP contribution in [0.1, 0.15) is 19.3 Å². The predicted molar refractivity (Wildman–Crippen MR) is 72.2 cm³/mol. The second kappa shape index (κ2) is 5.42. The van der Waals surface area contributed by atoms with Crippen LogP contribution in [-0.4, -0.2) is 38.5 Å². The van der Waals surface area contributed by atoms with Crippen LogP contribution in [0.15, 0.2) is 29.2 Å². The van der Waals surface area contributed by atoms with Gasteiger partial charge in [0, 0.05) is 19.7 Å². The Morgan fingerprint density at radius 3 is 2.55 bits per heavy atom. The average molecular weight is 299 g/mol. The number of benzene rings is 1. The fraction of sp³-hybridized carbons (Fsp3) is 0.571. The van der Waals surface area contributed by atoms with Gasteiger partial charge in [0.1, 0.15) is 5.82 Å². The molecule has 1 aromatic rings. The molecule has 1 unspecified atom stereocenters. The Morgan fingerprint density at radius 2 is 1.90 bits per heavy atom. The number of sulfonamides is 1. The third kappa shape index (κ3) is 3.02. The van der Waals surface area contributed by atoms with Crippen molar-refractivity contribution in [3.05, 3.63) is 30.1 Å². The van der Waals surface area contributed by atoms with Crippen LogP contribution < -0.4 is 0 Å². The van der Waals surface area contributed by atoms with Crippen LogP contribution in [0.5, 0.6) is 0 Å². The van der Waals surface area contributed by atoms with Gasteiger partial charge in [0.05, 0.1) is 11.0 Å². The van der Waals surface area contributed by atoms with Gasteiger partial charge in [-0.2, -0.15) is 4.31 Å². The number of rotatable bonds is 5. The van der Waals surface area contributed by atoms with E-state index in [-0.39, 0.29) is 11.0 Å². The molecule has 1 saturated carbocycles. The summed E-state index contributed by atoms with van der Waals surface area (Å²) < 4.78 is 44.8. The Morgan fingerprint density at radius 1 is 1.20 bits per heavy atom. The summed E-state index contributed by atoms with van der Waals surface area (Å²) in [7, 11) is -3.52. The van der Waals surface area contributed by atoms with Crippen LogP contribution in [-0.2, 0) is 14.8 Å². The lowest BCUT2D eigenvalue weighted by Crippen LogP contribution is -2.30. The molecular weight excluding hydrogens is 281 g/mol. The van der Waals surface area contributed by atoms with Gasteiger partial charge < -0.3 is 4.74 Å². The molecule has 2 aliphatic rings. The first kappa shape index (κ1) is 14.0. The number of ether oxygens (including phenoxy) is 1. The normalized spacial score (nSPS) is 24.1. The van der Waals surface area contributed by atoms with Crippen LogP contribution in [0, 0.1) is 11.7 Å². The monoisotopic (exact) mass is 299 g/mol. The van der Waals surface area contributed by atoms with Crippen molar-refractivity contribution >= 4 is 10.0 Å². The molecular formula is C14H18FNO3S. The zero-order chi connectivity index (χ0) is 14.2. The highest BCUT2D eigenvalue weighted by Crippen LogP contribution is 2.30. The predicted octanol–water partition coefficient (Wildman–Crippen LogP) is 2.02. The van der Waals surface area contributed by atoms with E-state index in [9.17, 15) is 12.8 Å². The molecule has 2 fully saturated rings. The molecule has 1 aliphatic heterocycles. The van der Waals surface area contributed by atoms with Gasteiger partial charge in [0.15, 0.2) is 0 Å². The molecule has 1 heterocycles. The highest BCUT2D eigenvalue weighted by Gasteiger charge is 2.34. The first-order valence-corrected chi connectivity index (χ1v) is 8.37. The third-order valence-corrected chi connectivity index (χ3v) is 5.70. The second-order valence-electron chi connectivity index (χ2n) is 5.50. The third-order valence-electron chi connectivity index (χ3n) is 3.82. The SMILES string of the molecule is O=S(=O)(c1ccc(F)cc1)N1CCC(OCC2CC2)C1. The van der Waals surface area contributed by atoms with Crippen molar-refractivity contribution in [3.8, 4) is 0 Å². The van der Waals surface area contributed by atoms with Crippen molar-refractivity contribution in [1.29, 1.82) is 0 Å². The van der Waals surface area contributed by atoms with Gasteiger partial charge in [-0.15, -0.1) is 0 Å². The summed E-state index contributed by atoms with van der Waals surface area (Å²) in [6, 6.07) is 4.96. The summed E-state index contributed by atoms with van der Waals surface area (Å²) >= 11 is 0. The van der Waals surface area contributed by atoms with E-state index in [0.717, 1.165) is 13.0 Å². The zero-order valence-electron chi connectivity index (χ0n) is 11.2. The van der Waals surface area contributed by atoms with Crippen LogP contribution >= 0.6 is 0 Å².